The maximum Gasteiger partial charge on any atom is 0.243 e. The highest BCUT2D eigenvalue weighted by Crippen LogP contribution is 2.26. The Bertz CT molecular complexity index is 969. The summed E-state index contributed by atoms with van der Waals surface area (Å²) in [6, 6.07) is 12.5. The number of carbonyl (C=O) groups excluding carboxylic acids is 1. The minimum absolute atomic E-state index is 0.176. The zero-order valence-electron chi connectivity index (χ0n) is 17.4. The second kappa shape index (κ2) is 10.3. The largest absolute Gasteiger partial charge is 0.494 e. The van der Waals surface area contributed by atoms with E-state index in [0.29, 0.717) is 25.4 Å². The molecule has 0 bridgehead atoms. The number of nitrogens with zero attached hydrogens (tertiary/aromatic N) is 1. The molecule has 1 fully saturated rings. The molecular formula is C22H28N2O4S2. The molecule has 2 aromatic carbocycles. The van der Waals surface area contributed by atoms with Crippen LogP contribution < -0.4 is 10.1 Å². The summed E-state index contributed by atoms with van der Waals surface area (Å²) in [5.41, 5.74) is 1.36. The van der Waals surface area contributed by atoms with Crippen LogP contribution >= 0.6 is 11.8 Å². The zero-order valence-corrected chi connectivity index (χ0v) is 19.0. The highest BCUT2D eigenvalue weighted by Gasteiger charge is 2.26. The number of piperidine rings is 1. The molecule has 30 heavy (non-hydrogen) atoms. The van der Waals surface area contributed by atoms with Crippen molar-refractivity contribution in [3.8, 4) is 5.75 Å². The Hall–Kier alpha value is -2.03. The van der Waals surface area contributed by atoms with Gasteiger partial charge in [0.15, 0.2) is 0 Å². The zero-order chi connectivity index (χ0) is 21.6. The van der Waals surface area contributed by atoms with E-state index in [2.05, 4.69) is 5.32 Å². The molecule has 1 aliphatic heterocycles. The Morgan fingerprint density at radius 1 is 1.10 bits per heavy atom. The molecule has 162 valence electrons. The van der Waals surface area contributed by atoms with Gasteiger partial charge < -0.3 is 10.1 Å². The van der Waals surface area contributed by atoms with E-state index in [1.807, 2.05) is 38.1 Å². The third-order valence-electron chi connectivity index (χ3n) is 4.94. The van der Waals surface area contributed by atoms with Gasteiger partial charge in [-0.3, -0.25) is 4.79 Å². The van der Waals surface area contributed by atoms with Crippen molar-refractivity contribution >= 4 is 33.4 Å². The molecule has 0 atom stereocenters. The number of hydrogen-bond donors (Lipinski definition) is 1. The highest BCUT2D eigenvalue weighted by atomic mass is 32.2. The summed E-state index contributed by atoms with van der Waals surface area (Å²) in [5.74, 6) is 0.856. The van der Waals surface area contributed by atoms with Gasteiger partial charge >= 0.3 is 0 Å². The first-order valence-corrected chi connectivity index (χ1v) is 12.6. The lowest BCUT2D eigenvalue weighted by molar-refractivity contribution is -0.113. The van der Waals surface area contributed by atoms with Gasteiger partial charge in [0.2, 0.25) is 15.9 Å². The molecule has 0 aromatic heterocycles. The van der Waals surface area contributed by atoms with Gasteiger partial charge in [-0.15, -0.1) is 11.8 Å². The van der Waals surface area contributed by atoms with Gasteiger partial charge in [0, 0.05) is 23.7 Å². The van der Waals surface area contributed by atoms with E-state index in [1.165, 1.54) is 16.1 Å². The smallest absolute Gasteiger partial charge is 0.243 e. The van der Waals surface area contributed by atoms with Crippen LogP contribution in [0.5, 0.6) is 5.75 Å². The number of amides is 1. The predicted octanol–water partition coefficient (Wildman–Crippen LogP) is 4.30. The lowest BCUT2D eigenvalue weighted by Crippen LogP contribution is -2.35. The summed E-state index contributed by atoms with van der Waals surface area (Å²) in [6.45, 7) is 5.50. The second-order valence-corrected chi connectivity index (χ2v) is 10.2. The molecule has 8 heteroatoms. The number of anilines is 1. The Morgan fingerprint density at radius 3 is 2.47 bits per heavy atom. The first kappa shape index (κ1) is 22.7. The number of hydrogen-bond acceptors (Lipinski definition) is 5. The number of rotatable bonds is 8. The molecule has 0 saturated carbocycles. The average molecular weight is 449 g/mol. The van der Waals surface area contributed by atoms with Crippen molar-refractivity contribution in [2.75, 3.05) is 30.8 Å². The number of aryl methyl sites for hydroxylation is 1. The number of carbonyl (C=O) groups is 1. The minimum Gasteiger partial charge on any atom is -0.494 e. The molecule has 0 unspecified atom stereocenters. The highest BCUT2D eigenvalue weighted by molar-refractivity contribution is 8.00. The second-order valence-electron chi connectivity index (χ2n) is 7.18. The fourth-order valence-corrected chi connectivity index (χ4v) is 5.53. The number of thioether (sulfide) groups is 1. The van der Waals surface area contributed by atoms with Crippen LogP contribution in [-0.4, -0.2) is 44.1 Å². The van der Waals surface area contributed by atoms with E-state index >= 15 is 0 Å². The van der Waals surface area contributed by atoms with Crippen LogP contribution in [0.15, 0.2) is 52.3 Å². The fraction of sp³-hybridized carbons (Fsp3) is 0.409. The van der Waals surface area contributed by atoms with Gasteiger partial charge in [-0.2, -0.15) is 4.31 Å². The van der Waals surface area contributed by atoms with E-state index in [1.54, 1.807) is 18.2 Å². The van der Waals surface area contributed by atoms with Gasteiger partial charge in [0.1, 0.15) is 5.75 Å². The van der Waals surface area contributed by atoms with E-state index in [0.717, 1.165) is 35.5 Å². The maximum atomic E-state index is 12.9. The van der Waals surface area contributed by atoms with Gasteiger partial charge in [0.25, 0.3) is 0 Å². The molecular weight excluding hydrogens is 420 g/mol. The Morgan fingerprint density at radius 2 is 1.80 bits per heavy atom. The van der Waals surface area contributed by atoms with Crippen molar-refractivity contribution in [1.82, 2.24) is 4.31 Å². The third kappa shape index (κ3) is 5.77. The summed E-state index contributed by atoms with van der Waals surface area (Å²) >= 11 is 1.42. The Kier molecular flexibility index (Phi) is 7.80. The average Bonchev–Trinajstić information content (AvgIpc) is 2.75. The van der Waals surface area contributed by atoms with E-state index in [4.69, 9.17) is 4.74 Å². The van der Waals surface area contributed by atoms with Crippen molar-refractivity contribution in [3.05, 3.63) is 48.0 Å². The molecule has 2 aromatic rings. The van der Waals surface area contributed by atoms with Crippen LogP contribution in [0.3, 0.4) is 0 Å². The van der Waals surface area contributed by atoms with Crippen molar-refractivity contribution in [1.29, 1.82) is 0 Å². The first-order valence-electron chi connectivity index (χ1n) is 10.2. The van der Waals surface area contributed by atoms with Crippen molar-refractivity contribution in [2.24, 2.45) is 0 Å². The molecule has 0 spiro atoms. The molecule has 1 heterocycles. The number of nitrogens with one attached hydrogen (secondary N) is 1. The molecule has 1 amide bonds. The predicted molar refractivity (Wildman–Crippen MR) is 121 cm³/mol. The lowest BCUT2D eigenvalue weighted by Gasteiger charge is -2.26. The van der Waals surface area contributed by atoms with Crippen molar-refractivity contribution in [3.63, 3.8) is 0 Å². The first-order chi connectivity index (χ1) is 14.4. The lowest BCUT2D eigenvalue weighted by atomic mass is 10.2. The summed E-state index contributed by atoms with van der Waals surface area (Å²) in [6.07, 6.45) is 2.84. The van der Waals surface area contributed by atoms with Gasteiger partial charge in [-0.1, -0.05) is 12.5 Å². The number of sulfonamides is 1. The van der Waals surface area contributed by atoms with Crippen LogP contribution in [0.2, 0.25) is 0 Å². The molecule has 0 radical (unpaired) electrons. The van der Waals surface area contributed by atoms with E-state index < -0.39 is 10.0 Å². The standard InChI is InChI=1S/C22H28N2O4S2/c1-3-28-18-8-10-19(11-9-18)29-16-22(25)23-21-15-20(12-7-17(21)2)30(26,27)24-13-5-4-6-14-24/h7-12,15H,3-6,13-14,16H2,1-2H3,(H,23,25). The van der Waals surface area contributed by atoms with Crippen LogP contribution in [0.1, 0.15) is 31.7 Å². The summed E-state index contributed by atoms with van der Waals surface area (Å²) < 4.78 is 32.8. The fourth-order valence-electron chi connectivity index (χ4n) is 3.28. The minimum atomic E-state index is -3.54. The summed E-state index contributed by atoms with van der Waals surface area (Å²) in [7, 11) is -3.54. The quantitative estimate of drug-likeness (QED) is 0.610. The van der Waals surface area contributed by atoms with Crippen LogP contribution in [-0.2, 0) is 14.8 Å². The van der Waals surface area contributed by atoms with E-state index in [-0.39, 0.29) is 16.6 Å². The Labute approximate surface area is 183 Å². The Balaban J connectivity index is 1.64. The third-order valence-corrected chi connectivity index (χ3v) is 7.85. The van der Waals surface area contributed by atoms with Crippen LogP contribution in [0.25, 0.3) is 0 Å². The molecule has 1 saturated heterocycles. The maximum absolute atomic E-state index is 12.9. The SMILES string of the molecule is CCOc1ccc(SCC(=O)Nc2cc(S(=O)(=O)N3CCCCC3)ccc2C)cc1. The van der Waals surface area contributed by atoms with Crippen molar-refractivity contribution < 1.29 is 17.9 Å². The van der Waals surface area contributed by atoms with Crippen molar-refractivity contribution in [2.45, 2.75) is 42.9 Å². The summed E-state index contributed by atoms with van der Waals surface area (Å²) in [4.78, 5) is 13.6. The van der Waals surface area contributed by atoms with Gasteiger partial charge in [-0.05, 0) is 68.7 Å². The monoisotopic (exact) mass is 448 g/mol. The molecule has 0 aliphatic carbocycles. The van der Waals surface area contributed by atoms with E-state index in [9.17, 15) is 13.2 Å². The molecule has 3 rings (SSSR count). The topological polar surface area (TPSA) is 75.7 Å². The van der Waals surface area contributed by atoms with Gasteiger partial charge in [0.05, 0.1) is 17.3 Å². The number of ether oxygens (including phenoxy) is 1. The normalized spacial score (nSPS) is 15.0. The molecule has 1 N–H and O–H groups in total. The molecule has 6 nitrogen and oxygen atoms in total. The molecule has 1 aliphatic rings. The van der Waals surface area contributed by atoms with Crippen LogP contribution in [0.4, 0.5) is 5.69 Å². The van der Waals surface area contributed by atoms with Crippen LogP contribution in [0, 0.1) is 6.92 Å². The van der Waals surface area contributed by atoms with Gasteiger partial charge in [-0.25, -0.2) is 8.42 Å². The number of benzene rings is 2. The summed E-state index contributed by atoms with van der Waals surface area (Å²) in [5, 5.41) is 2.86.